The highest BCUT2D eigenvalue weighted by atomic mass is 32.2. The third kappa shape index (κ3) is 3.96. The van der Waals surface area contributed by atoms with Crippen LogP contribution in [0.15, 0.2) is 70.9 Å². The monoisotopic (exact) mass is 326 g/mol. The first-order valence-corrected chi connectivity index (χ1v) is 8.66. The molecule has 0 aliphatic rings. The summed E-state index contributed by atoms with van der Waals surface area (Å²) in [5, 5.41) is 5.46. The molecule has 0 spiro atoms. The molecule has 3 aromatic rings. The van der Waals surface area contributed by atoms with Crippen LogP contribution in [0.5, 0.6) is 0 Å². The highest BCUT2D eigenvalue weighted by Gasteiger charge is 2.08. The van der Waals surface area contributed by atoms with Gasteiger partial charge in [0.1, 0.15) is 0 Å². The molecular weight excluding hydrogens is 312 g/mol. The van der Waals surface area contributed by atoms with Gasteiger partial charge in [-0.2, -0.15) is 0 Å². The molecule has 0 radical (unpaired) electrons. The lowest BCUT2D eigenvalue weighted by Crippen LogP contribution is -2.11. The van der Waals surface area contributed by atoms with Gasteiger partial charge in [-0.1, -0.05) is 36.4 Å². The zero-order valence-corrected chi connectivity index (χ0v) is 13.4. The molecule has 0 atom stereocenters. The van der Waals surface area contributed by atoms with E-state index in [4.69, 9.17) is 0 Å². The van der Waals surface area contributed by atoms with Crippen LogP contribution in [0.4, 0.5) is 5.13 Å². The van der Waals surface area contributed by atoms with Crippen molar-refractivity contribution in [3.8, 4) is 0 Å². The van der Waals surface area contributed by atoms with Crippen LogP contribution < -0.4 is 5.32 Å². The maximum Gasteiger partial charge on any atom is 0.257 e. The first-order valence-electron chi connectivity index (χ1n) is 6.80. The van der Waals surface area contributed by atoms with Gasteiger partial charge in [0.15, 0.2) is 5.13 Å². The molecular formula is C17H14N2OS2. The zero-order chi connectivity index (χ0) is 15.2. The number of thioether (sulfide) groups is 1. The summed E-state index contributed by atoms with van der Waals surface area (Å²) in [5.74, 6) is 0.666. The fourth-order valence-corrected chi connectivity index (χ4v) is 3.49. The summed E-state index contributed by atoms with van der Waals surface area (Å²) in [6, 6.07) is 19.4. The van der Waals surface area contributed by atoms with E-state index in [9.17, 15) is 4.79 Å². The van der Waals surface area contributed by atoms with Crippen LogP contribution in [-0.2, 0) is 5.75 Å². The molecule has 22 heavy (non-hydrogen) atoms. The number of rotatable bonds is 5. The normalized spacial score (nSPS) is 10.4. The van der Waals surface area contributed by atoms with Gasteiger partial charge < -0.3 is 0 Å². The second-order valence-corrected chi connectivity index (χ2v) is 6.47. The number of carbonyl (C=O) groups excluding carboxylic acids is 1. The fraction of sp³-hybridized carbons (Fsp3) is 0.0588. The van der Waals surface area contributed by atoms with Crippen LogP contribution in [0, 0.1) is 0 Å². The first kappa shape index (κ1) is 14.8. The van der Waals surface area contributed by atoms with Gasteiger partial charge in [-0.3, -0.25) is 10.1 Å². The number of thiazole rings is 1. The number of hydrogen-bond acceptors (Lipinski definition) is 4. The molecule has 0 fully saturated rings. The third-order valence-corrected chi connectivity index (χ3v) is 4.79. The van der Waals surface area contributed by atoms with Crippen molar-refractivity contribution in [2.45, 2.75) is 10.6 Å². The van der Waals surface area contributed by atoms with Gasteiger partial charge in [0.05, 0.1) is 5.69 Å². The summed E-state index contributed by atoms with van der Waals surface area (Å²) >= 11 is 3.18. The second kappa shape index (κ2) is 7.24. The van der Waals surface area contributed by atoms with Crippen molar-refractivity contribution in [1.29, 1.82) is 0 Å². The Labute approximate surface area is 137 Å². The number of carbonyl (C=O) groups is 1. The Bertz CT molecular complexity index is 742. The van der Waals surface area contributed by atoms with Crippen molar-refractivity contribution in [3.63, 3.8) is 0 Å². The molecule has 1 aromatic heterocycles. The molecule has 3 nitrogen and oxygen atoms in total. The fourth-order valence-electron chi connectivity index (χ4n) is 1.86. The zero-order valence-electron chi connectivity index (χ0n) is 11.7. The average molecular weight is 326 g/mol. The van der Waals surface area contributed by atoms with Crippen molar-refractivity contribution in [2.75, 3.05) is 5.32 Å². The summed E-state index contributed by atoms with van der Waals surface area (Å²) < 4.78 is 0. The van der Waals surface area contributed by atoms with E-state index in [-0.39, 0.29) is 5.91 Å². The Morgan fingerprint density at radius 3 is 2.45 bits per heavy atom. The number of amides is 1. The van der Waals surface area contributed by atoms with Crippen molar-refractivity contribution in [3.05, 3.63) is 77.3 Å². The minimum absolute atomic E-state index is 0.128. The van der Waals surface area contributed by atoms with Crippen molar-refractivity contribution < 1.29 is 4.79 Å². The maximum atomic E-state index is 12.1. The molecule has 1 N–H and O–H groups in total. The highest BCUT2D eigenvalue weighted by Crippen LogP contribution is 2.25. The highest BCUT2D eigenvalue weighted by molar-refractivity contribution is 7.98. The van der Waals surface area contributed by atoms with Crippen molar-refractivity contribution in [2.24, 2.45) is 0 Å². The van der Waals surface area contributed by atoms with Gasteiger partial charge >= 0.3 is 0 Å². The number of nitrogens with one attached hydrogen (secondary N) is 1. The SMILES string of the molecule is O=C(Nc1nc(CSc2ccccc2)cs1)c1ccccc1. The smallest absolute Gasteiger partial charge is 0.257 e. The number of aromatic nitrogens is 1. The predicted octanol–water partition coefficient (Wildman–Crippen LogP) is 4.69. The Morgan fingerprint density at radius 2 is 1.73 bits per heavy atom. The molecule has 5 heteroatoms. The first-order chi connectivity index (χ1) is 10.8. The minimum Gasteiger partial charge on any atom is -0.298 e. The number of benzene rings is 2. The van der Waals surface area contributed by atoms with E-state index >= 15 is 0 Å². The van der Waals surface area contributed by atoms with Gasteiger partial charge in [0.2, 0.25) is 0 Å². The van der Waals surface area contributed by atoms with E-state index in [2.05, 4.69) is 22.4 Å². The Kier molecular flexibility index (Phi) is 4.88. The molecule has 110 valence electrons. The average Bonchev–Trinajstić information content (AvgIpc) is 3.02. The largest absolute Gasteiger partial charge is 0.298 e. The molecule has 0 bridgehead atoms. The van der Waals surface area contributed by atoms with E-state index in [1.165, 1.54) is 16.2 Å². The quantitative estimate of drug-likeness (QED) is 0.692. The van der Waals surface area contributed by atoms with Gasteiger partial charge in [-0.15, -0.1) is 23.1 Å². The van der Waals surface area contributed by atoms with Crippen LogP contribution in [0.1, 0.15) is 16.1 Å². The number of hydrogen-bond donors (Lipinski definition) is 1. The van der Waals surface area contributed by atoms with E-state index in [0.717, 1.165) is 11.4 Å². The summed E-state index contributed by atoms with van der Waals surface area (Å²) in [6.45, 7) is 0. The summed E-state index contributed by atoms with van der Waals surface area (Å²) in [4.78, 5) is 17.7. The predicted molar refractivity (Wildman–Crippen MR) is 92.5 cm³/mol. The maximum absolute atomic E-state index is 12.1. The molecule has 3 rings (SSSR count). The molecule has 0 aliphatic heterocycles. The summed E-state index contributed by atoms with van der Waals surface area (Å²) in [7, 11) is 0. The minimum atomic E-state index is -0.128. The van der Waals surface area contributed by atoms with Gasteiger partial charge in [0.25, 0.3) is 5.91 Å². The van der Waals surface area contributed by atoms with E-state index in [0.29, 0.717) is 10.7 Å². The Morgan fingerprint density at radius 1 is 1.05 bits per heavy atom. The van der Waals surface area contributed by atoms with E-state index < -0.39 is 0 Å². The molecule has 1 heterocycles. The molecule has 1 amide bonds. The van der Waals surface area contributed by atoms with Crippen LogP contribution >= 0.6 is 23.1 Å². The van der Waals surface area contributed by atoms with Gasteiger partial charge in [-0.05, 0) is 24.3 Å². The lowest BCUT2D eigenvalue weighted by molar-refractivity contribution is 0.102. The van der Waals surface area contributed by atoms with Crippen LogP contribution in [0.2, 0.25) is 0 Å². The lowest BCUT2D eigenvalue weighted by atomic mass is 10.2. The topological polar surface area (TPSA) is 42.0 Å². The number of anilines is 1. The molecule has 0 unspecified atom stereocenters. The van der Waals surface area contributed by atoms with Crippen LogP contribution in [-0.4, -0.2) is 10.9 Å². The second-order valence-electron chi connectivity index (χ2n) is 4.57. The Balaban J connectivity index is 1.58. The molecule has 0 aliphatic carbocycles. The van der Waals surface area contributed by atoms with E-state index in [1.807, 2.05) is 41.8 Å². The standard InChI is InChI=1S/C17H14N2OS2/c20-16(13-7-3-1-4-8-13)19-17-18-14(12-22-17)11-21-15-9-5-2-6-10-15/h1-10,12H,11H2,(H,18,19,20). The number of nitrogens with zero attached hydrogens (tertiary/aromatic N) is 1. The Hall–Kier alpha value is -2.11. The summed E-state index contributed by atoms with van der Waals surface area (Å²) in [5.41, 5.74) is 1.61. The van der Waals surface area contributed by atoms with Crippen molar-refractivity contribution >= 4 is 34.1 Å². The van der Waals surface area contributed by atoms with Gasteiger partial charge in [-0.25, -0.2) is 4.98 Å². The van der Waals surface area contributed by atoms with E-state index in [1.54, 1.807) is 23.9 Å². The lowest BCUT2D eigenvalue weighted by Gasteiger charge is -2.01. The van der Waals surface area contributed by atoms with Crippen LogP contribution in [0.3, 0.4) is 0 Å². The van der Waals surface area contributed by atoms with Crippen molar-refractivity contribution in [1.82, 2.24) is 4.98 Å². The van der Waals surface area contributed by atoms with Gasteiger partial charge in [0, 0.05) is 21.6 Å². The summed E-state index contributed by atoms with van der Waals surface area (Å²) in [6.07, 6.45) is 0. The molecule has 2 aromatic carbocycles. The third-order valence-electron chi connectivity index (χ3n) is 2.94. The molecule has 0 saturated carbocycles. The van der Waals surface area contributed by atoms with Crippen LogP contribution in [0.25, 0.3) is 0 Å². The molecule has 0 saturated heterocycles.